The van der Waals surface area contributed by atoms with E-state index >= 15 is 0 Å². The fourth-order valence-corrected chi connectivity index (χ4v) is 3.11. The minimum atomic E-state index is -0.318. The summed E-state index contributed by atoms with van der Waals surface area (Å²) in [5.74, 6) is 1.53. The Morgan fingerprint density at radius 2 is 1.59 bits per heavy atom. The highest BCUT2D eigenvalue weighted by molar-refractivity contribution is 5.79. The lowest BCUT2D eigenvalue weighted by atomic mass is 9.98. The van der Waals surface area contributed by atoms with E-state index in [1.165, 1.54) is 28.2 Å². The fraction of sp³-hybridized carbons (Fsp3) is 0.263. The van der Waals surface area contributed by atoms with Gasteiger partial charge in [0, 0.05) is 12.5 Å². The van der Waals surface area contributed by atoms with Crippen LogP contribution < -0.4 is 5.32 Å². The monoisotopic (exact) mass is 292 g/mol. The predicted molar refractivity (Wildman–Crippen MR) is 85.5 cm³/mol. The van der Waals surface area contributed by atoms with Crippen molar-refractivity contribution in [2.45, 2.75) is 18.8 Å². The van der Waals surface area contributed by atoms with Gasteiger partial charge in [-0.1, -0.05) is 48.5 Å². The van der Waals surface area contributed by atoms with Crippen molar-refractivity contribution in [1.29, 1.82) is 0 Å². The van der Waals surface area contributed by atoms with Gasteiger partial charge in [0.2, 0.25) is 0 Å². The molecule has 2 aromatic rings. The first-order valence-electron chi connectivity index (χ1n) is 7.75. The molecule has 3 nitrogen and oxygen atoms in total. The lowest BCUT2D eigenvalue weighted by Gasteiger charge is -2.14. The molecule has 0 bridgehead atoms. The summed E-state index contributed by atoms with van der Waals surface area (Å²) in [4.78, 5) is 11.8. The van der Waals surface area contributed by atoms with Crippen LogP contribution in [0.25, 0.3) is 11.1 Å². The third kappa shape index (κ3) is 2.47. The molecule has 111 valence electrons. The summed E-state index contributed by atoms with van der Waals surface area (Å²) in [6, 6.07) is 16.7. The summed E-state index contributed by atoms with van der Waals surface area (Å²) in [7, 11) is 0. The molecule has 3 heteroatoms. The Kier molecular flexibility index (Phi) is 3.34. The van der Waals surface area contributed by atoms with Gasteiger partial charge in [0.1, 0.15) is 6.61 Å². The first kappa shape index (κ1) is 13.4. The quantitative estimate of drug-likeness (QED) is 0.928. The molecule has 22 heavy (non-hydrogen) atoms. The predicted octanol–water partition coefficient (Wildman–Crippen LogP) is 3.89. The number of rotatable bonds is 4. The van der Waals surface area contributed by atoms with Gasteiger partial charge in [-0.15, -0.1) is 0 Å². The van der Waals surface area contributed by atoms with Crippen molar-refractivity contribution in [1.82, 2.24) is 5.32 Å². The Labute approximate surface area is 130 Å². The molecule has 0 atom stereocenters. The lowest BCUT2D eigenvalue weighted by Crippen LogP contribution is -2.27. The van der Waals surface area contributed by atoms with E-state index in [9.17, 15) is 4.79 Å². The summed E-state index contributed by atoms with van der Waals surface area (Å²) in [5.41, 5.74) is 4.99. The fourth-order valence-electron chi connectivity index (χ4n) is 3.11. The molecular formula is C19H18NO2. The third-order valence-electron chi connectivity index (χ3n) is 4.43. The van der Waals surface area contributed by atoms with Gasteiger partial charge in [-0.2, -0.15) is 0 Å². The molecule has 0 heterocycles. The van der Waals surface area contributed by atoms with Crippen LogP contribution in [0.4, 0.5) is 4.79 Å². The molecule has 1 N–H and O–H groups in total. The van der Waals surface area contributed by atoms with E-state index in [0.29, 0.717) is 13.2 Å². The van der Waals surface area contributed by atoms with Crippen molar-refractivity contribution in [3.05, 3.63) is 65.6 Å². The molecule has 1 amide bonds. The molecule has 1 radical (unpaired) electrons. The summed E-state index contributed by atoms with van der Waals surface area (Å²) in [5, 5.41) is 2.82. The molecule has 2 aromatic carbocycles. The zero-order chi connectivity index (χ0) is 14.9. The number of carbonyl (C=O) groups excluding carboxylic acids is 1. The van der Waals surface area contributed by atoms with E-state index in [-0.39, 0.29) is 12.0 Å². The number of amides is 1. The highest BCUT2D eigenvalue weighted by Gasteiger charge is 2.29. The van der Waals surface area contributed by atoms with Gasteiger partial charge in [-0.3, -0.25) is 0 Å². The van der Waals surface area contributed by atoms with Crippen LogP contribution >= 0.6 is 0 Å². The standard InChI is InChI=1S/C19H18NO2/c21-19(20-11-13-9-10-13)22-12-18-16-7-3-1-5-14(16)15-6-2-4-8-17(15)18/h1-8,18H,9-12H2,(H,20,21). The van der Waals surface area contributed by atoms with Gasteiger partial charge in [0.05, 0.1) is 0 Å². The summed E-state index contributed by atoms with van der Waals surface area (Å²) in [6.45, 7) is 1.05. The molecule has 0 unspecified atom stereocenters. The van der Waals surface area contributed by atoms with Crippen LogP contribution in [0.15, 0.2) is 48.5 Å². The molecule has 4 rings (SSSR count). The van der Waals surface area contributed by atoms with Gasteiger partial charge < -0.3 is 10.1 Å². The molecule has 2 aliphatic carbocycles. The Morgan fingerprint density at radius 3 is 2.18 bits per heavy atom. The number of carbonyl (C=O) groups is 1. The smallest absolute Gasteiger partial charge is 0.407 e. The van der Waals surface area contributed by atoms with Gasteiger partial charge >= 0.3 is 6.09 Å². The number of fused-ring (bicyclic) bond motifs is 3. The van der Waals surface area contributed by atoms with Crippen LogP contribution in [-0.2, 0) is 4.74 Å². The van der Waals surface area contributed by atoms with Crippen LogP contribution in [0, 0.1) is 5.92 Å². The third-order valence-corrected chi connectivity index (χ3v) is 4.43. The van der Waals surface area contributed by atoms with Crippen LogP contribution in [0.2, 0.25) is 0 Å². The van der Waals surface area contributed by atoms with Crippen LogP contribution in [-0.4, -0.2) is 19.2 Å². The van der Waals surface area contributed by atoms with Crippen LogP contribution in [0.5, 0.6) is 0 Å². The van der Waals surface area contributed by atoms with Gasteiger partial charge in [0.15, 0.2) is 0 Å². The van der Waals surface area contributed by atoms with E-state index in [1.807, 2.05) is 12.1 Å². The second-order valence-electron chi connectivity index (χ2n) is 5.93. The van der Waals surface area contributed by atoms with Crippen molar-refractivity contribution in [3.8, 4) is 11.1 Å². The van der Waals surface area contributed by atoms with E-state index in [0.717, 1.165) is 12.8 Å². The topological polar surface area (TPSA) is 38.3 Å². The number of hydrogen-bond donors (Lipinski definition) is 1. The maximum absolute atomic E-state index is 11.8. The van der Waals surface area contributed by atoms with E-state index in [4.69, 9.17) is 4.74 Å². The second kappa shape index (κ2) is 5.48. The van der Waals surface area contributed by atoms with Crippen molar-refractivity contribution in [2.24, 2.45) is 0 Å². The molecule has 2 aliphatic rings. The van der Waals surface area contributed by atoms with Crippen LogP contribution in [0.1, 0.15) is 29.9 Å². The van der Waals surface area contributed by atoms with Crippen LogP contribution in [0.3, 0.4) is 0 Å². The molecular weight excluding hydrogens is 274 g/mol. The number of nitrogens with one attached hydrogen (secondary N) is 1. The normalized spacial score (nSPS) is 16.0. The van der Waals surface area contributed by atoms with E-state index in [1.54, 1.807) is 0 Å². The molecule has 0 aliphatic heterocycles. The van der Waals surface area contributed by atoms with E-state index in [2.05, 4.69) is 41.7 Å². The molecule has 0 saturated heterocycles. The maximum atomic E-state index is 11.8. The zero-order valence-corrected chi connectivity index (χ0v) is 12.3. The summed E-state index contributed by atoms with van der Waals surface area (Å²) >= 11 is 0. The lowest BCUT2D eigenvalue weighted by molar-refractivity contribution is 0.143. The summed E-state index contributed by atoms with van der Waals surface area (Å²) in [6.07, 6.45) is 1.97. The molecule has 1 saturated carbocycles. The average molecular weight is 292 g/mol. The minimum absolute atomic E-state index is 0.131. The van der Waals surface area contributed by atoms with Crippen molar-refractivity contribution in [2.75, 3.05) is 13.2 Å². The average Bonchev–Trinajstić information content (AvgIpc) is 3.33. The Balaban J connectivity index is 1.50. The van der Waals surface area contributed by atoms with Crippen molar-refractivity contribution in [3.63, 3.8) is 0 Å². The number of alkyl carbamates (subject to hydrolysis) is 1. The number of hydrogen-bond acceptors (Lipinski definition) is 2. The minimum Gasteiger partial charge on any atom is -0.449 e. The Morgan fingerprint density at radius 1 is 1.00 bits per heavy atom. The van der Waals surface area contributed by atoms with Crippen molar-refractivity contribution >= 4 is 6.09 Å². The zero-order valence-electron chi connectivity index (χ0n) is 12.3. The second-order valence-corrected chi connectivity index (χ2v) is 5.93. The first-order chi connectivity index (χ1) is 10.8. The molecule has 1 fully saturated rings. The number of ether oxygens (including phenoxy) is 1. The van der Waals surface area contributed by atoms with Crippen molar-refractivity contribution < 1.29 is 9.53 Å². The van der Waals surface area contributed by atoms with Gasteiger partial charge in [0.25, 0.3) is 0 Å². The molecule has 0 aromatic heterocycles. The Bertz CT molecular complexity index is 661. The SMILES string of the molecule is O=C(NC[C]1CC1)OCC1c2ccccc2-c2ccccc21. The number of benzene rings is 2. The van der Waals surface area contributed by atoms with Gasteiger partial charge in [-0.05, 0) is 41.0 Å². The van der Waals surface area contributed by atoms with Gasteiger partial charge in [-0.25, -0.2) is 4.79 Å². The molecule has 0 spiro atoms. The first-order valence-corrected chi connectivity index (χ1v) is 7.75. The maximum Gasteiger partial charge on any atom is 0.407 e. The van der Waals surface area contributed by atoms with E-state index < -0.39 is 0 Å². The summed E-state index contributed by atoms with van der Waals surface area (Å²) < 4.78 is 5.45. The highest BCUT2D eigenvalue weighted by atomic mass is 16.5. The Hall–Kier alpha value is -2.29. The highest BCUT2D eigenvalue weighted by Crippen LogP contribution is 2.44. The largest absolute Gasteiger partial charge is 0.449 e.